The van der Waals surface area contributed by atoms with Crippen molar-refractivity contribution in [3.8, 4) is 17.2 Å². The fraction of sp³-hybridized carbons (Fsp3) is 0.545. The molecule has 226 valence electrons. The lowest BCUT2D eigenvalue weighted by Crippen LogP contribution is -2.30. The molecule has 0 fully saturated rings. The number of nitrogens with zero attached hydrogens (tertiary/aromatic N) is 1. The minimum absolute atomic E-state index is 0.215. The van der Waals surface area contributed by atoms with Crippen LogP contribution in [0.4, 0.5) is 0 Å². The van der Waals surface area contributed by atoms with Crippen LogP contribution >= 0.6 is 19.2 Å². The van der Waals surface area contributed by atoms with Crippen LogP contribution in [0.15, 0.2) is 59.6 Å². The van der Waals surface area contributed by atoms with E-state index in [1.165, 1.54) is 77.0 Å². The van der Waals surface area contributed by atoms with E-state index >= 15 is 0 Å². The Morgan fingerprint density at radius 2 is 1.41 bits per heavy atom. The second-order valence-electron chi connectivity index (χ2n) is 10.8. The van der Waals surface area contributed by atoms with Crippen LogP contribution in [0.3, 0.4) is 0 Å². The molecule has 0 N–H and O–H groups in total. The molecule has 0 saturated carbocycles. The van der Waals surface area contributed by atoms with Crippen molar-refractivity contribution in [1.29, 1.82) is 0 Å². The summed E-state index contributed by atoms with van der Waals surface area (Å²) < 4.78 is 31.3. The summed E-state index contributed by atoms with van der Waals surface area (Å²) >= 11 is 1.60. The number of ether oxygens (including phenoxy) is 1. The van der Waals surface area contributed by atoms with Crippen LogP contribution in [0.5, 0.6) is 17.2 Å². The zero-order valence-corrected chi connectivity index (χ0v) is 26.6. The van der Waals surface area contributed by atoms with E-state index in [-0.39, 0.29) is 11.5 Å². The van der Waals surface area contributed by atoms with Gasteiger partial charge in [-0.15, -0.1) is 0 Å². The molecule has 0 aliphatic carbocycles. The number of aromatic nitrogens is 1. The molecule has 0 saturated heterocycles. The zero-order chi connectivity index (χ0) is 29.2. The Hall–Kier alpha value is -2.34. The Morgan fingerprint density at radius 3 is 2.05 bits per heavy atom. The molecule has 8 heteroatoms. The quantitative estimate of drug-likeness (QED) is 0.0652. The van der Waals surface area contributed by atoms with Gasteiger partial charge < -0.3 is 18.7 Å². The lowest BCUT2D eigenvalue weighted by atomic mass is 10.0. The molecule has 1 unspecified atom stereocenters. The van der Waals surface area contributed by atoms with Crippen LogP contribution < -0.4 is 23.2 Å². The van der Waals surface area contributed by atoms with Gasteiger partial charge in [0, 0.05) is 11.1 Å². The van der Waals surface area contributed by atoms with Crippen molar-refractivity contribution in [3.05, 3.63) is 70.7 Å². The normalized spacial score (nSPS) is 12.7. The van der Waals surface area contributed by atoms with E-state index < -0.39 is 7.82 Å². The van der Waals surface area contributed by atoms with E-state index in [4.69, 9.17) is 13.8 Å². The molecule has 3 aromatic rings. The molecule has 0 bridgehead atoms. The number of hydrogen-bond acceptors (Lipinski definition) is 6. The molecule has 2 aromatic carbocycles. The molecular weight excluding hydrogens is 553 g/mol. The maximum Gasteiger partial charge on any atom is 0.372 e. The van der Waals surface area contributed by atoms with Crippen molar-refractivity contribution >= 4 is 19.2 Å². The highest BCUT2D eigenvalue weighted by Crippen LogP contribution is 2.43. The fourth-order valence-corrected chi connectivity index (χ4v) is 6.31. The van der Waals surface area contributed by atoms with Gasteiger partial charge in [-0.25, -0.2) is 4.57 Å². The second kappa shape index (κ2) is 19.0. The van der Waals surface area contributed by atoms with Gasteiger partial charge in [0.2, 0.25) is 5.51 Å². The first-order chi connectivity index (χ1) is 20.0. The topological polar surface area (TPSA) is 71.7 Å². The smallest absolute Gasteiger partial charge is 0.372 e. The highest BCUT2D eigenvalue weighted by molar-refractivity contribution is 7.46. The number of benzene rings is 2. The van der Waals surface area contributed by atoms with E-state index in [2.05, 4.69) is 6.92 Å². The Labute approximate surface area is 251 Å². The van der Waals surface area contributed by atoms with Gasteiger partial charge in [0.25, 0.3) is 0 Å². The van der Waals surface area contributed by atoms with Crippen molar-refractivity contribution in [3.63, 3.8) is 0 Å². The molecular formula is C33H48NO5PS. The zero-order valence-electron chi connectivity index (χ0n) is 24.9. The molecule has 6 nitrogen and oxygen atoms in total. The van der Waals surface area contributed by atoms with Crippen molar-refractivity contribution in [2.75, 3.05) is 6.61 Å². The molecule has 0 aliphatic heterocycles. The van der Waals surface area contributed by atoms with Gasteiger partial charge in [0.05, 0.1) is 12.0 Å². The highest BCUT2D eigenvalue weighted by Gasteiger charge is 2.17. The SMILES string of the molecule is CCCCCCCCCCCCCCCCOc1cccc(OP(=O)([O-])Oc2cccc(C[n+]3ccsc3)c2)c1C. The largest absolute Gasteiger partial charge is 0.736 e. The summed E-state index contributed by atoms with van der Waals surface area (Å²) in [5.74, 6) is 1.07. The van der Waals surface area contributed by atoms with Crippen LogP contribution in [-0.4, -0.2) is 6.61 Å². The van der Waals surface area contributed by atoms with Gasteiger partial charge in [0.15, 0.2) is 12.7 Å². The van der Waals surface area contributed by atoms with E-state index in [9.17, 15) is 9.46 Å². The Bertz CT molecular complexity index is 1170. The van der Waals surface area contributed by atoms with Crippen LogP contribution in [0.1, 0.15) is 108 Å². The number of unbranched alkanes of at least 4 members (excludes halogenated alkanes) is 13. The van der Waals surface area contributed by atoms with Crippen molar-refractivity contribution in [1.82, 2.24) is 0 Å². The predicted octanol–water partition coefficient (Wildman–Crippen LogP) is 9.18. The van der Waals surface area contributed by atoms with Gasteiger partial charge in [0.1, 0.15) is 17.2 Å². The molecule has 0 radical (unpaired) electrons. The molecule has 3 rings (SSSR count). The number of phosphoric acid groups is 1. The summed E-state index contributed by atoms with van der Waals surface area (Å²) in [5, 5.41) is 1.99. The number of rotatable bonds is 22. The van der Waals surface area contributed by atoms with Crippen LogP contribution in [-0.2, 0) is 11.1 Å². The predicted molar refractivity (Wildman–Crippen MR) is 166 cm³/mol. The molecule has 0 spiro atoms. The molecule has 1 aromatic heterocycles. The maximum atomic E-state index is 12.7. The lowest BCUT2D eigenvalue weighted by molar-refractivity contribution is -0.683. The van der Waals surface area contributed by atoms with Crippen molar-refractivity contribution in [2.24, 2.45) is 0 Å². The summed E-state index contributed by atoms with van der Waals surface area (Å²) in [4.78, 5) is 12.7. The Balaban J connectivity index is 1.32. The Kier molecular flexibility index (Phi) is 15.3. The van der Waals surface area contributed by atoms with Crippen LogP contribution in [0, 0.1) is 6.92 Å². The lowest BCUT2D eigenvalue weighted by Gasteiger charge is -2.25. The second-order valence-corrected chi connectivity index (χ2v) is 12.8. The van der Waals surface area contributed by atoms with Gasteiger partial charge in [-0.2, -0.15) is 4.57 Å². The molecule has 1 heterocycles. The van der Waals surface area contributed by atoms with E-state index in [0.717, 1.165) is 18.4 Å². The summed E-state index contributed by atoms with van der Waals surface area (Å²) in [5.41, 5.74) is 3.56. The van der Waals surface area contributed by atoms with E-state index in [1.807, 2.05) is 33.8 Å². The highest BCUT2D eigenvalue weighted by atomic mass is 32.1. The van der Waals surface area contributed by atoms with Crippen molar-refractivity contribution in [2.45, 2.75) is 110 Å². The van der Waals surface area contributed by atoms with E-state index in [0.29, 0.717) is 24.5 Å². The third kappa shape index (κ3) is 13.5. The number of hydrogen-bond donors (Lipinski definition) is 0. The van der Waals surface area contributed by atoms with Gasteiger partial charge in [-0.3, -0.25) is 0 Å². The standard InChI is InChI=1S/C33H48NO5PS/c1-3-4-5-6-7-8-9-10-11-12-13-14-15-16-24-37-32-21-18-22-33(29(32)2)39-40(35,36)38-31-20-17-19-30(26-31)27-34-23-25-41-28-34/h17-23,25-26,28H,3-16,24,27H2,1-2H3. The number of phosphoric ester groups is 1. The summed E-state index contributed by atoms with van der Waals surface area (Å²) in [6.07, 6.45) is 20.4. The van der Waals surface area contributed by atoms with Crippen LogP contribution in [0.25, 0.3) is 0 Å². The first-order valence-electron chi connectivity index (χ1n) is 15.4. The minimum atomic E-state index is -4.65. The molecule has 0 aliphatic rings. The first-order valence-corrected chi connectivity index (χ1v) is 17.8. The average molecular weight is 602 g/mol. The average Bonchev–Trinajstić information content (AvgIpc) is 3.45. The molecule has 1 atom stereocenters. The minimum Gasteiger partial charge on any atom is -0.736 e. The first kappa shape index (κ1) is 33.2. The van der Waals surface area contributed by atoms with Gasteiger partial charge >= 0.3 is 7.82 Å². The van der Waals surface area contributed by atoms with Gasteiger partial charge in [-0.1, -0.05) is 120 Å². The molecule has 41 heavy (non-hydrogen) atoms. The molecule has 0 amide bonds. The maximum absolute atomic E-state index is 12.7. The van der Waals surface area contributed by atoms with Gasteiger partial charge in [-0.05, 0) is 37.6 Å². The Morgan fingerprint density at radius 1 is 0.805 bits per heavy atom. The number of thiazole rings is 1. The summed E-state index contributed by atoms with van der Waals surface area (Å²) in [6, 6.07) is 12.2. The summed E-state index contributed by atoms with van der Waals surface area (Å²) in [7, 11) is -4.65. The third-order valence-corrected chi connectivity index (χ3v) is 8.73. The van der Waals surface area contributed by atoms with E-state index in [1.54, 1.807) is 48.6 Å². The fourth-order valence-electron chi connectivity index (χ4n) is 4.86. The van der Waals surface area contributed by atoms with Crippen molar-refractivity contribution < 1.29 is 27.8 Å². The monoisotopic (exact) mass is 601 g/mol. The third-order valence-electron chi connectivity index (χ3n) is 7.21. The van der Waals surface area contributed by atoms with Crippen LogP contribution in [0.2, 0.25) is 0 Å². The summed E-state index contributed by atoms with van der Waals surface area (Å²) in [6.45, 7) is 5.30.